The minimum atomic E-state index is 0. The molecule has 0 aliphatic carbocycles. The van der Waals surface area contributed by atoms with E-state index in [1.165, 1.54) is 0 Å². The molecule has 0 amide bonds. The van der Waals surface area contributed by atoms with Gasteiger partial charge in [0.15, 0.2) is 0 Å². The Morgan fingerprint density at radius 3 is 1.00 bits per heavy atom. The zero-order valence-corrected chi connectivity index (χ0v) is 12.4. The minimum absolute atomic E-state index is 0. The fraction of sp³-hybridized carbons (Fsp3) is 0. The van der Waals surface area contributed by atoms with Crippen LogP contribution < -0.4 is 0 Å². The summed E-state index contributed by atoms with van der Waals surface area (Å²) in [5.74, 6) is 0. The van der Waals surface area contributed by atoms with E-state index >= 15 is 0 Å². The van der Waals surface area contributed by atoms with Crippen molar-refractivity contribution < 1.29 is 69.1 Å². The molecule has 4 heavy (non-hydrogen) atoms. The molecule has 0 rings (SSSR count). The molecular weight excluding hydrogens is 372 g/mol. The van der Waals surface area contributed by atoms with Crippen LogP contribution in [-0.2, 0) is 69.1 Å². The van der Waals surface area contributed by atoms with E-state index in [1.807, 2.05) is 0 Å². The van der Waals surface area contributed by atoms with Gasteiger partial charge in [-0.3, -0.25) is 0 Å². The monoisotopic (exact) mass is 372 g/mol. The third-order valence-electron chi connectivity index (χ3n) is 0. The summed E-state index contributed by atoms with van der Waals surface area (Å²) in [5.41, 5.74) is 0. The normalized spacial score (nSPS) is 0. The molecule has 0 aromatic rings. The molecule has 20 valence electrons. The van der Waals surface area contributed by atoms with Crippen molar-refractivity contribution in [2.24, 2.45) is 0 Å². The summed E-state index contributed by atoms with van der Waals surface area (Å²) in [5, 5.41) is 0. The van der Waals surface area contributed by atoms with Gasteiger partial charge >= 0.3 is 0 Å². The maximum absolute atomic E-state index is 0. The summed E-state index contributed by atoms with van der Waals surface area (Å²) in [4.78, 5) is 0. The molecule has 0 saturated heterocycles. The second-order valence-corrected chi connectivity index (χ2v) is 0. The molecule has 0 unspecified atom stereocenters. The molecule has 0 atom stereocenters. The predicted molar refractivity (Wildman–Crippen MR) is 5.75 cm³/mol. The second kappa shape index (κ2) is 15.8. The Labute approximate surface area is 117 Å². The van der Waals surface area contributed by atoms with E-state index in [2.05, 4.69) is 0 Å². The van der Waals surface area contributed by atoms with Crippen LogP contribution in [0.15, 0.2) is 0 Å². The van der Waals surface area contributed by atoms with Crippen molar-refractivity contribution >= 4 is 51.4 Å². The topological polar surface area (TPSA) is 0 Å². The van der Waals surface area contributed by atoms with Crippen LogP contribution >= 0.6 is 0 Å². The first-order chi connectivity index (χ1) is 0. The van der Waals surface area contributed by atoms with Gasteiger partial charge in [0.1, 0.15) is 0 Å². The average Bonchev–Trinajstić information content (AvgIpc) is 0. The first-order valence-corrected chi connectivity index (χ1v) is 0. The van der Waals surface area contributed by atoms with Crippen molar-refractivity contribution in [3.63, 3.8) is 0 Å². The molecule has 0 N–H and O–H groups in total. The summed E-state index contributed by atoms with van der Waals surface area (Å²) in [6, 6.07) is 0. The summed E-state index contributed by atoms with van der Waals surface area (Å²) in [6.07, 6.45) is 0. The van der Waals surface area contributed by atoms with Crippen LogP contribution in [0.25, 0.3) is 0 Å². The molecule has 0 nitrogen and oxygen atoms in total. The van der Waals surface area contributed by atoms with Gasteiger partial charge in [-0.1, -0.05) is 0 Å². The van der Waals surface area contributed by atoms with Gasteiger partial charge in [-0.2, -0.15) is 0 Å². The van der Waals surface area contributed by atoms with E-state index in [-0.39, 0.29) is 120 Å². The van der Waals surface area contributed by atoms with Crippen LogP contribution in [-0.4, -0.2) is 51.4 Å². The Kier molecular flexibility index (Phi) is 97.5. The maximum atomic E-state index is 0. The Morgan fingerprint density at radius 2 is 1.00 bits per heavy atom. The van der Waals surface area contributed by atoms with E-state index in [9.17, 15) is 0 Å². The Bertz CT molecular complexity index is 8.00. The average molecular weight is 372 g/mol. The SMILES string of the molecule is [Cu].[Hf].[K].[Zr]. The largest absolute Gasteiger partial charge is 0 e. The molecular formula is CuHfKZr. The van der Waals surface area contributed by atoms with Crippen LogP contribution in [0.1, 0.15) is 0 Å². The molecule has 2 radical (unpaired) electrons. The van der Waals surface area contributed by atoms with Crippen LogP contribution in [0.2, 0.25) is 0 Å². The van der Waals surface area contributed by atoms with Crippen LogP contribution in [0.4, 0.5) is 0 Å². The third-order valence-corrected chi connectivity index (χ3v) is 0. The van der Waals surface area contributed by atoms with E-state index in [4.69, 9.17) is 0 Å². The van der Waals surface area contributed by atoms with Gasteiger partial charge in [0.25, 0.3) is 0 Å². The molecule has 0 fully saturated rings. The summed E-state index contributed by atoms with van der Waals surface area (Å²) in [6.45, 7) is 0. The zero-order valence-electron chi connectivity index (χ0n) is 2.30. The first-order valence-electron chi connectivity index (χ1n) is 0. The number of rotatable bonds is 0. The van der Waals surface area contributed by atoms with Crippen LogP contribution in [0.3, 0.4) is 0 Å². The minimum Gasteiger partial charge on any atom is 0 e. The van der Waals surface area contributed by atoms with Crippen molar-refractivity contribution in [2.45, 2.75) is 0 Å². The van der Waals surface area contributed by atoms with E-state index < -0.39 is 0 Å². The number of hydrogen-bond acceptors (Lipinski definition) is 0. The Hall–Kier alpha value is 3.91. The van der Waals surface area contributed by atoms with Gasteiger partial charge < -0.3 is 0 Å². The molecule has 0 heterocycles. The van der Waals surface area contributed by atoms with E-state index in [0.717, 1.165) is 0 Å². The van der Waals surface area contributed by atoms with Gasteiger partial charge in [0.05, 0.1) is 0 Å². The van der Waals surface area contributed by atoms with Crippen molar-refractivity contribution in [3.05, 3.63) is 0 Å². The van der Waals surface area contributed by atoms with Gasteiger partial charge in [-0.15, -0.1) is 0 Å². The van der Waals surface area contributed by atoms with Crippen molar-refractivity contribution in [2.75, 3.05) is 0 Å². The molecule has 0 aliphatic heterocycles. The van der Waals surface area contributed by atoms with E-state index in [1.54, 1.807) is 0 Å². The second-order valence-electron chi connectivity index (χ2n) is 0. The van der Waals surface area contributed by atoms with Crippen LogP contribution in [0.5, 0.6) is 0 Å². The fourth-order valence-electron chi connectivity index (χ4n) is 0. The van der Waals surface area contributed by atoms with Gasteiger partial charge in [-0.25, -0.2) is 0 Å². The number of hydrogen-bond donors (Lipinski definition) is 0. The third kappa shape index (κ3) is 9.32. The summed E-state index contributed by atoms with van der Waals surface area (Å²) < 4.78 is 0. The van der Waals surface area contributed by atoms with Crippen molar-refractivity contribution in [1.29, 1.82) is 0 Å². The van der Waals surface area contributed by atoms with Crippen LogP contribution in [0, 0.1) is 0 Å². The van der Waals surface area contributed by atoms with E-state index in [0.29, 0.717) is 0 Å². The molecule has 0 spiro atoms. The standard InChI is InChI=1S/Cu.Hf.K.Zr. The molecule has 0 aliphatic rings. The van der Waals surface area contributed by atoms with Gasteiger partial charge in [-0.05, 0) is 0 Å². The summed E-state index contributed by atoms with van der Waals surface area (Å²) >= 11 is 0. The molecule has 0 aromatic carbocycles. The molecule has 4 heteroatoms. The first kappa shape index (κ1) is 24.7. The quantitative estimate of drug-likeness (QED) is 0.509. The molecule has 0 aromatic heterocycles. The molecule has 0 bridgehead atoms. The Morgan fingerprint density at radius 1 is 1.00 bits per heavy atom. The van der Waals surface area contributed by atoms with Crippen molar-refractivity contribution in [3.8, 4) is 0 Å². The Balaban J connectivity index is 0. The summed E-state index contributed by atoms with van der Waals surface area (Å²) in [7, 11) is 0. The molecule has 0 saturated carbocycles. The van der Waals surface area contributed by atoms with Crippen molar-refractivity contribution in [1.82, 2.24) is 0 Å². The van der Waals surface area contributed by atoms with Gasteiger partial charge in [0.2, 0.25) is 0 Å². The van der Waals surface area contributed by atoms with Gasteiger partial charge in [0, 0.05) is 120 Å². The fourth-order valence-corrected chi connectivity index (χ4v) is 0. The smallest absolute Gasteiger partial charge is 0 e. The zero-order chi connectivity index (χ0) is 0. The predicted octanol–water partition coefficient (Wildman–Crippen LogP) is -0.388. The maximum Gasteiger partial charge on any atom is 0 e.